The van der Waals surface area contributed by atoms with Gasteiger partial charge < -0.3 is 19.7 Å². The Morgan fingerprint density at radius 1 is 1.29 bits per heavy atom. The molecular weight excluding hydrogens is 308 g/mol. The first kappa shape index (κ1) is 20.7. The van der Waals surface area contributed by atoms with Crippen LogP contribution < -0.4 is 5.32 Å². The normalized spacial score (nSPS) is 17.2. The predicted molar refractivity (Wildman–Crippen MR) is 93.9 cm³/mol. The van der Waals surface area contributed by atoms with Crippen LogP contribution in [0.5, 0.6) is 0 Å². The van der Waals surface area contributed by atoms with Crippen molar-refractivity contribution in [2.45, 2.75) is 71.4 Å². The Kier molecular flexibility index (Phi) is 8.53. The zero-order chi connectivity index (χ0) is 18.2. The Hall–Kier alpha value is -1.30. The second kappa shape index (κ2) is 9.87. The Labute approximate surface area is 146 Å². The third kappa shape index (κ3) is 7.99. The lowest BCUT2D eigenvalue weighted by atomic mass is 9.98. The van der Waals surface area contributed by atoms with E-state index in [0.29, 0.717) is 6.54 Å². The highest BCUT2D eigenvalue weighted by Gasteiger charge is 2.23. The van der Waals surface area contributed by atoms with Crippen LogP contribution >= 0.6 is 0 Å². The molecule has 0 aromatic rings. The lowest BCUT2D eigenvalue weighted by Crippen LogP contribution is -2.42. The second-order valence-electron chi connectivity index (χ2n) is 7.54. The van der Waals surface area contributed by atoms with Crippen molar-refractivity contribution in [3.05, 3.63) is 0 Å². The SMILES string of the molecule is CCC(CCCN(C)C(=O)OC(C)(C)C)C(=O)NC1CCOCC1. The molecule has 140 valence electrons. The van der Waals surface area contributed by atoms with Crippen molar-refractivity contribution in [1.82, 2.24) is 10.2 Å². The van der Waals surface area contributed by atoms with E-state index in [-0.39, 0.29) is 24.0 Å². The molecule has 6 heteroatoms. The molecule has 1 rings (SSSR count). The molecule has 0 radical (unpaired) electrons. The van der Waals surface area contributed by atoms with Crippen LogP contribution in [0.15, 0.2) is 0 Å². The molecule has 6 nitrogen and oxygen atoms in total. The summed E-state index contributed by atoms with van der Waals surface area (Å²) in [5, 5.41) is 3.14. The van der Waals surface area contributed by atoms with Crippen LogP contribution in [0.4, 0.5) is 4.79 Å². The van der Waals surface area contributed by atoms with E-state index in [1.807, 2.05) is 27.7 Å². The topological polar surface area (TPSA) is 67.9 Å². The fraction of sp³-hybridized carbons (Fsp3) is 0.889. The van der Waals surface area contributed by atoms with Crippen molar-refractivity contribution in [3.63, 3.8) is 0 Å². The highest BCUT2D eigenvalue weighted by molar-refractivity contribution is 5.78. The van der Waals surface area contributed by atoms with Crippen molar-refractivity contribution >= 4 is 12.0 Å². The smallest absolute Gasteiger partial charge is 0.410 e. The number of amides is 2. The van der Waals surface area contributed by atoms with Crippen molar-refractivity contribution in [2.24, 2.45) is 5.92 Å². The molecule has 1 saturated heterocycles. The zero-order valence-electron chi connectivity index (χ0n) is 15.9. The standard InChI is InChI=1S/C18H34N2O4/c1-6-14(16(21)19-15-9-12-23-13-10-15)8-7-11-20(5)17(22)24-18(2,3)4/h14-15H,6-13H2,1-5H3,(H,19,21). The van der Waals surface area contributed by atoms with Gasteiger partial charge in [0.05, 0.1) is 0 Å². The second-order valence-corrected chi connectivity index (χ2v) is 7.54. The van der Waals surface area contributed by atoms with Gasteiger partial charge in [-0.15, -0.1) is 0 Å². The van der Waals surface area contributed by atoms with Crippen LogP contribution in [-0.2, 0) is 14.3 Å². The average Bonchev–Trinajstić information content (AvgIpc) is 2.50. The first-order valence-corrected chi connectivity index (χ1v) is 9.05. The van der Waals surface area contributed by atoms with Gasteiger partial charge in [0.15, 0.2) is 0 Å². The van der Waals surface area contributed by atoms with Gasteiger partial charge in [-0.3, -0.25) is 4.79 Å². The maximum absolute atomic E-state index is 12.4. The monoisotopic (exact) mass is 342 g/mol. The highest BCUT2D eigenvalue weighted by Crippen LogP contribution is 2.15. The molecule has 1 N–H and O–H groups in total. The van der Waals surface area contributed by atoms with Gasteiger partial charge in [0.1, 0.15) is 5.60 Å². The third-order valence-electron chi connectivity index (χ3n) is 4.18. The van der Waals surface area contributed by atoms with E-state index in [9.17, 15) is 9.59 Å². The first-order chi connectivity index (χ1) is 11.2. The number of hydrogen-bond acceptors (Lipinski definition) is 4. The number of nitrogens with zero attached hydrogens (tertiary/aromatic N) is 1. The van der Waals surface area contributed by atoms with Crippen LogP contribution in [0.3, 0.4) is 0 Å². The summed E-state index contributed by atoms with van der Waals surface area (Å²) in [6.45, 7) is 9.64. The molecule has 1 heterocycles. The first-order valence-electron chi connectivity index (χ1n) is 9.05. The molecule has 24 heavy (non-hydrogen) atoms. The summed E-state index contributed by atoms with van der Waals surface area (Å²) < 4.78 is 10.6. The van der Waals surface area contributed by atoms with Crippen LogP contribution in [-0.4, -0.2) is 55.3 Å². The lowest BCUT2D eigenvalue weighted by molar-refractivity contribution is -0.126. The fourth-order valence-corrected chi connectivity index (χ4v) is 2.69. The summed E-state index contributed by atoms with van der Waals surface area (Å²) in [5.74, 6) is 0.129. The summed E-state index contributed by atoms with van der Waals surface area (Å²) in [7, 11) is 1.73. The van der Waals surface area contributed by atoms with E-state index < -0.39 is 5.60 Å². The molecule has 0 bridgehead atoms. The van der Waals surface area contributed by atoms with E-state index in [1.165, 1.54) is 0 Å². The van der Waals surface area contributed by atoms with Crippen molar-refractivity contribution in [1.29, 1.82) is 0 Å². The van der Waals surface area contributed by atoms with Gasteiger partial charge in [-0.25, -0.2) is 4.79 Å². The number of rotatable bonds is 7. The average molecular weight is 342 g/mol. The molecule has 1 atom stereocenters. The molecular formula is C18H34N2O4. The van der Waals surface area contributed by atoms with Crippen molar-refractivity contribution in [3.8, 4) is 0 Å². The van der Waals surface area contributed by atoms with E-state index in [2.05, 4.69) is 5.32 Å². The van der Waals surface area contributed by atoms with E-state index in [4.69, 9.17) is 9.47 Å². The number of ether oxygens (including phenoxy) is 2. The number of nitrogens with one attached hydrogen (secondary N) is 1. The van der Waals surface area contributed by atoms with E-state index >= 15 is 0 Å². The minimum atomic E-state index is -0.485. The molecule has 1 aliphatic rings. The quantitative estimate of drug-likeness (QED) is 0.772. The molecule has 1 unspecified atom stereocenters. The number of carbonyl (C=O) groups is 2. The zero-order valence-corrected chi connectivity index (χ0v) is 15.9. The highest BCUT2D eigenvalue weighted by atomic mass is 16.6. The minimum absolute atomic E-state index is 0.000110. The Morgan fingerprint density at radius 3 is 2.46 bits per heavy atom. The fourth-order valence-electron chi connectivity index (χ4n) is 2.69. The molecule has 0 spiro atoms. The van der Waals surface area contributed by atoms with Crippen molar-refractivity contribution < 1.29 is 19.1 Å². The Morgan fingerprint density at radius 2 is 1.92 bits per heavy atom. The van der Waals surface area contributed by atoms with Gasteiger partial charge in [-0.1, -0.05) is 6.92 Å². The minimum Gasteiger partial charge on any atom is -0.444 e. The van der Waals surface area contributed by atoms with Gasteiger partial charge >= 0.3 is 6.09 Å². The number of hydrogen-bond donors (Lipinski definition) is 1. The molecule has 1 aliphatic heterocycles. The van der Waals surface area contributed by atoms with Gasteiger partial charge in [0.2, 0.25) is 5.91 Å². The van der Waals surface area contributed by atoms with E-state index in [0.717, 1.165) is 45.3 Å². The summed E-state index contributed by atoms with van der Waals surface area (Å²) in [4.78, 5) is 25.9. The van der Waals surface area contributed by atoms with E-state index in [1.54, 1.807) is 11.9 Å². The van der Waals surface area contributed by atoms with Gasteiger partial charge in [-0.2, -0.15) is 0 Å². The summed E-state index contributed by atoms with van der Waals surface area (Å²) in [5.41, 5.74) is -0.485. The van der Waals surface area contributed by atoms with Gasteiger partial charge in [0, 0.05) is 38.8 Å². The Bertz CT molecular complexity index is 400. The van der Waals surface area contributed by atoms with Crippen LogP contribution in [0.1, 0.15) is 59.8 Å². The Balaban J connectivity index is 2.32. The maximum atomic E-state index is 12.4. The van der Waals surface area contributed by atoms with Crippen LogP contribution in [0.25, 0.3) is 0 Å². The molecule has 0 aromatic carbocycles. The molecule has 0 aliphatic carbocycles. The third-order valence-corrected chi connectivity index (χ3v) is 4.18. The summed E-state index contributed by atoms with van der Waals surface area (Å²) in [6, 6.07) is 0.240. The molecule has 0 aromatic heterocycles. The van der Waals surface area contributed by atoms with Crippen molar-refractivity contribution in [2.75, 3.05) is 26.8 Å². The van der Waals surface area contributed by atoms with Crippen LogP contribution in [0.2, 0.25) is 0 Å². The molecule has 1 fully saturated rings. The van der Waals surface area contributed by atoms with Gasteiger partial charge in [-0.05, 0) is 52.9 Å². The summed E-state index contributed by atoms with van der Waals surface area (Å²) in [6.07, 6.45) is 3.84. The molecule has 0 saturated carbocycles. The lowest BCUT2D eigenvalue weighted by Gasteiger charge is -2.26. The summed E-state index contributed by atoms with van der Waals surface area (Å²) >= 11 is 0. The van der Waals surface area contributed by atoms with Crippen LogP contribution in [0, 0.1) is 5.92 Å². The van der Waals surface area contributed by atoms with Gasteiger partial charge in [0.25, 0.3) is 0 Å². The number of carbonyl (C=O) groups excluding carboxylic acids is 2. The predicted octanol–water partition coefficient (Wildman–Crippen LogP) is 2.95. The largest absolute Gasteiger partial charge is 0.444 e. The molecule has 2 amide bonds. The maximum Gasteiger partial charge on any atom is 0.410 e.